The van der Waals surface area contributed by atoms with E-state index in [1.165, 1.54) is 36.3 Å². The first-order valence-corrected chi connectivity index (χ1v) is 16.2. The van der Waals surface area contributed by atoms with Crippen molar-refractivity contribution in [3.63, 3.8) is 0 Å². The number of amides is 1. The first kappa shape index (κ1) is 38.5. The number of alkyl halides is 6. The van der Waals surface area contributed by atoms with Gasteiger partial charge >= 0.3 is 18.3 Å². The van der Waals surface area contributed by atoms with E-state index in [4.69, 9.17) is 31.5 Å². The average molecular weight is 743 g/mol. The molecule has 1 fully saturated rings. The number of carbonyl (C=O) groups excluding carboxylic acids is 1. The topological polar surface area (TPSA) is 88.5 Å². The number of likely N-dealkylation sites (N-methyl/N-ethyl adjacent to an activating group) is 1. The second kappa shape index (κ2) is 16.2. The van der Waals surface area contributed by atoms with Gasteiger partial charge in [-0.05, 0) is 85.7 Å². The first-order valence-electron chi connectivity index (χ1n) is 14.9. The summed E-state index contributed by atoms with van der Waals surface area (Å²) >= 11 is 6.43. The molecule has 0 aliphatic carbocycles. The third-order valence-corrected chi connectivity index (χ3v) is 8.63. The predicted octanol–water partition coefficient (Wildman–Crippen LogP) is 7.64. The quantitative estimate of drug-likeness (QED) is 0.0776. The molecule has 8 nitrogen and oxygen atoms in total. The summed E-state index contributed by atoms with van der Waals surface area (Å²) in [5.74, 6) is -0.464. The van der Waals surface area contributed by atoms with Crippen LogP contribution in [0.3, 0.4) is 0 Å². The van der Waals surface area contributed by atoms with Gasteiger partial charge in [-0.2, -0.15) is 26.3 Å². The highest BCUT2D eigenvalue weighted by molar-refractivity contribution is 8.26. The van der Waals surface area contributed by atoms with Crippen molar-refractivity contribution in [3.05, 3.63) is 81.8 Å². The molecule has 0 aromatic heterocycles. The molecule has 0 saturated carbocycles. The van der Waals surface area contributed by atoms with Crippen LogP contribution in [0.2, 0.25) is 0 Å². The summed E-state index contributed by atoms with van der Waals surface area (Å²) in [6.07, 6.45) is -8.48. The standard InChI is InChI=1S/C34H32F6N2O6S2/c1-41(2)10-12-48-26-8-6-21(22-16-24(33(35,36)37)19-25(17-22)34(38,39)40)15-23(26)18-29-31(45)42(32(49)50-29)9-4-11-47-28-13-20(14-30(43)44)5-7-27(28)46-3/h5-8,13,15-19H,4,9-12,14H2,1-3H3,(H,43,44). The lowest BCUT2D eigenvalue weighted by Gasteiger charge is -2.17. The lowest BCUT2D eigenvalue weighted by Crippen LogP contribution is -2.30. The van der Waals surface area contributed by atoms with Gasteiger partial charge in [-0.15, -0.1) is 0 Å². The Hall–Kier alpha value is -4.28. The van der Waals surface area contributed by atoms with Gasteiger partial charge in [0, 0.05) is 18.7 Å². The maximum atomic E-state index is 13.6. The molecule has 3 aromatic rings. The van der Waals surface area contributed by atoms with Crippen molar-refractivity contribution in [1.82, 2.24) is 9.80 Å². The number of carboxylic acids is 1. The molecule has 0 atom stereocenters. The molecule has 0 bridgehead atoms. The van der Waals surface area contributed by atoms with Crippen LogP contribution in [0.25, 0.3) is 17.2 Å². The van der Waals surface area contributed by atoms with Crippen LogP contribution in [-0.2, 0) is 28.4 Å². The minimum absolute atomic E-state index is 0.0447. The number of hydrogen-bond donors (Lipinski definition) is 1. The fraction of sp³-hybridized carbons (Fsp3) is 0.324. The molecule has 0 radical (unpaired) electrons. The van der Waals surface area contributed by atoms with Gasteiger partial charge < -0.3 is 24.2 Å². The molecule has 0 spiro atoms. The smallest absolute Gasteiger partial charge is 0.416 e. The first-order chi connectivity index (χ1) is 23.5. The van der Waals surface area contributed by atoms with Crippen LogP contribution in [0, 0.1) is 0 Å². The highest BCUT2D eigenvalue weighted by Gasteiger charge is 2.37. The summed E-state index contributed by atoms with van der Waals surface area (Å²) < 4.78 is 98.7. The third kappa shape index (κ3) is 10.1. The number of aliphatic carboxylic acids is 1. The SMILES string of the molecule is COc1ccc(CC(=O)O)cc1OCCCN1C(=O)C(=Cc2cc(-c3cc(C(F)(F)F)cc(C(F)(F)F)c3)ccc2OCCN(C)C)SC1=S. The molecule has 1 amide bonds. The van der Waals surface area contributed by atoms with E-state index in [0.29, 0.717) is 42.2 Å². The number of carboxylic acid groups (broad SMARTS) is 1. The van der Waals surface area contributed by atoms with Gasteiger partial charge in [0.15, 0.2) is 11.5 Å². The molecule has 268 valence electrons. The number of carbonyl (C=O) groups is 2. The maximum absolute atomic E-state index is 13.6. The summed E-state index contributed by atoms with van der Waals surface area (Å²) in [6, 6.07) is 10.3. The zero-order chi connectivity index (χ0) is 36.8. The van der Waals surface area contributed by atoms with Crippen molar-refractivity contribution in [3.8, 4) is 28.4 Å². The van der Waals surface area contributed by atoms with Crippen molar-refractivity contribution in [1.29, 1.82) is 0 Å². The van der Waals surface area contributed by atoms with E-state index in [1.54, 1.807) is 18.2 Å². The van der Waals surface area contributed by atoms with E-state index in [0.717, 1.165) is 11.8 Å². The second-order valence-corrected chi connectivity index (χ2v) is 13.0. The molecule has 1 saturated heterocycles. The molecule has 4 rings (SSSR count). The van der Waals surface area contributed by atoms with Crippen molar-refractivity contribution in [2.24, 2.45) is 0 Å². The van der Waals surface area contributed by atoms with Gasteiger partial charge in [-0.1, -0.05) is 36.1 Å². The minimum atomic E-state index is -5.02. The minimum Gasteiger partial charge on any atom is -0.493 e. The van der Waals surface area contributed by atoms with Crippen LogP contribution in [0.15, 0.2) is 59.5 Å². The van der Waals surface area contributed by atoms with E-state index in [2.05, 4.69) is 0 Å². The van der Waals surface area contributed by atoms with Crippen LogP contribution in [-0.4, -0.2) is 78.6 Å². The number of nitrogens with zero attached hydrogens (tertiary/aromatic N) is 2. The van der Waals surface area contributed by atoms with Gasteiger partial charge in [-0.3, -0.25) is 14.5 Å². The van der Waals surface area contributed by atoms with Crippen molar-refractivity contribution >= 4 is 46.3 Å². The number of methoxy groups -OCH3 is 1. The lowest BCUT2D eigenvalue weighted by molar-refractivity contribution is -0.143. The summed E-state index contributed by atoms with van der Waals surface area (Å²) in [6.45, 7) is 1.01. The molecule has 1 aliphatic rings. The number of halogens is 6. The Balaban J connectivity index is 1.58. The Kier molecular flexibility index (Phi) is 12.5. The number of rotatable bonds is 14. The van der Waals surface area contributed by atoms with Gasteiger partial charge in [0.05, 0.1) is 36.2 Å². The number of ether oxygens (including phenoxy) is 3. The molecule has 0 unspecified atom stereocenters. The molecule has 1 N–H and O–H groups in total. The summed E-state index contributed by atoms with van der Waals surface area (Å²) in [5.41, 5.74) is -2.41. The summed E-state index contributed by atoms with van der Waals surface area (Å²) in [4.78, 5) is 27.9. The molecular weight excluding hydrogens is 711 g/mol. The molecular formula is C34H32F6N2O6S2. The van der Waals surface area contributed by atoms with Gasteiger partial charge in [0.25, 0.3) is 5.91 Å². The number of thioether (sulfide) groups is 1. The lowest BCUT2D eigenvalue weighted by atomic mass is 9.97. The Bertz CT molecular complexity index is 1750. The molecule has 1 heterocycles. The number of benzene rings is 3. The fourth-order valence-corrected chi connectivity index (χ4v) is 6.09. The normalized spacial score (nSPS) is 14.5. The van der Waals surface area contributed by atoms with Crippen molar-refractivity contribution in [2.75, 3.05) is 47.5 Å². The predicted molar refractivity (Wildman–Crippen MR) is 180 cm³/mol. The maximum Gasteiger partial charge on any atom is 0.416 e. The highest BCUT2D eigenvalue weighted by atomic mass is 32.2. The van der Waals surface area contributed by atoms with E-state index in [9.17, 15) is 35.9 Å². The Labute approximate surface area is 293 Å². The average Bonchev–Trinajstić information content (AvgIpc) is 3.29. The zero-order valence-corrected chi connectivity index (χ0v) is 28.6. The van der Waals surface area contributed by atoms with E-state index >= 15 is 0 Å². The molecule has 50 heavy (non-hydrogen) atoms. The Morgan fingerprint density at radius 1 is 0.900 bits per heavy atom. The van der Waals surface area contributed by atoms with E-state index in [1.807, 2.05) is 19.0 Å². The second-order valence-electron chi connectivity index (χ2n) is 11.3. The van der Waals surface area contributed by atoms with E-state index in [-0.39, 0.29) is 63.9 Å². The van der Waals surface area contributed by atoms with Crippen LogP contribution < -0.4 is 14.2 Å². The Morgan fingerprint density at radius 2 is 1.54 bits per heavy atom. The third-order valence-electron chi connectivity index (χ3n) is 7.25. The van der Waals surface area contributed by atoms with E-state index < -0.39 is 35.4 Å². The number of hydrogen-bond acceptors (Lipinski definition) is 8. The van der Waals surface area contributed by atoms with Crippen LogP contribution >= 0.6 is 24.0 Å². The van der Waals surface area contributed by atoms with Crippen molar-refractivity contribution in [2.45, 2.75) is 25.2 Å². The Morgan fingerprint density at radius 3 is 2.14 bits per heavy atom. The van der Waals surface area contributed by atoms with Gasteiger partial charge in [-0.25, -0.2) is 0 Å². The van der Waals surface area contributed by atoms with Crippen LogP contribution in [0.4, 0.5) is 26.3 Å². The van der Waals surface area contributed by atoms with Crippen LogP contribution in [0.5, 0.6) is 17.2 Å². The van der Waals surface area contributed by atoms with Crippen molar-refractivity contribution < 1.29 is 55.2 Å². The van der Waals surface area contributed by atoms with Gasteiger partial charge in [0.2, 0.25) is 0 Å². The van der Waals surface area contributed by atoms with Gasteiger partial charge in [0.1, 0.15) is 16.7 Å². The zero-order valence-electron chi connectivity index (χ0n) is 27.0. The largest absolute Gasteiger partial charge is 0.493 e. The molecule has 16 heteroatoms. The van der Waals surface area contributed by atoms with Crippen LogP contribution in [0.1, 0.15) is 28.7 Å². The molecule has 1 aliphatic heterocycles. The molecule has 3 aromatic carbocycles. The number of thiocarbonyl (C=S) groups is 1. The monoisotopic (exact) mass is 742 g/mol. The summed E-state index contributed by atoms with van der Waals surface area (Å²) in [5, 5.41) is 9.08. The fourth-order valence-electron chi connectivity index (χ4n) is 4.79. The summed E-state index contributed by atoms with van der Waals surface area (Å²) in [7, 11) is 5.09. The highest BCUT2D eigenvalue weighted by Crippen LogP contribution is 2.40.